The van der Waals surface area contributed by atoms with Gasteiger partial charge in [-0.05, 0) is 30.5 Å². The van der Waals surface area contributed by atoms with Crippen LogP contribution in [0.3, 0.4) is 0 Å². The van der Waals surface area contributed by atoms with Crippen molar-refractivity contribution in [2.45, 2.75) is 27.4 Å². The summed E-state index contributed by atoms with van der Waals surface area (Å²) < 4.78 is 0. The highest BCUT2D eigenvalue weighted by molar-refractivity contribution is 5.39. The number of pyridine rings is 1. The van der Waals surface area contributed by atoms with E-state index in [4.69, 9.17) is 5.11 Å². The van der Waals surface area contributed by atoms with Gasteiger partial charge < -0.3 is 10.4 Å². The summed E-state index contributed by atoms with van der Waals surface area (Å²) in [7, 11) is 0. The van der Waals surface area contributed by atoms with Gasteiger partial charge in [-0.1, -0.05) is 13.8 Å². The molecule has 1 aromatic rings. The third-order valence-electron chi connectivity index (χ3n) is 1.89. The topological polar surface area (TPSA) is 45.1 Å². The molecule has 0 atom stereocenters. The first-order chi connectivity index (χ1) is 6.61. The maximum absolute atomic E-state index is 9.01. The molecular formula is C11H18N2O. The molecule has 0 aliphatic carbocycles. The zero-order chi connectivity index (χ0) is 10.6. The van der Waals surface area contributed by atoms with E-state index in [2.05, 4.69) is 24.1 Å². The van der Waals surface area contributed by atoms with Crippen molar-refractivity contribution in [2.24, 2.45) is 5.92 Å². The standard InChI is InChI=1S/C11H18N2O/c1-8(2)6-12-11-5-10(7-14)4-9(3)13-11/h4-5,8,14H,6-7H2,1-3H3,(H,12,13). The summed E-state index contributed by atoms with van der Waals surface area (Å²) in [5, 5.41) is 12.2. The highest BCUT2D eigenvalue weighted by Gasteiger charge is 2.00. The molecule has 0 radical (unpaired) electrons. The van der Waals surface area contributed by atoms with E-state index in [0.29, 0.717) is 5.92 Å². The van der Waals surface area contributed by atoms with E-state index >= 15 is 0 Å². The van der Waals surface area contributed by atoms with Gasteiger partial charge in [0.2, 0.25) is 0 Å². The molecule has 0 aliphatic rings. The van der Waals surface area contributed by atoms with Crippen molar-refractivity contribution in [1.29, 1.82) is 0 Å². The van der Waals surface area contributed by atoms with Crippen LogP contribution < -0.4 is 5.32 Å². The Hall–Kier alpha value is -1.09. The van der Waals surface area contributed by atoms with Gasteiger partial charge >= 0.3 is 0 Å². The molecule has 3 nitrogen and oxygen atoms in total. The molecule has 0 aromatic carbocycles. The van der Waals surface area contributed by atoms with Crippen molar-refractivity contribution < 1.29 is 5.11 Å². The normalized spacial score (nSPS) is 10.6. The second-order valence-corrected chi connectivity index (χ2v) is 3.93. The van der Waals surface area contributed by atoms with Gasteiger partial charge in [-0.2, -0.15) is 0 Å². The SMILES string of the molecule is Cc1cc(CO)cc(NCC(C)C)n1. The minimum Gasteiger partial charge on any atom is -0.392 e. The number of aliphatic hydroxyl groups excluding tert-OH is 1. The lowest BCUT2D eigenvalue weighted by Crippen LogP contribution is -2.09. The number of nitrogens with one attached hydrogen (secondary N) is 1. The van der Waals surface area contributed by atoms with Crippen LogP contribution in [0.4, 0.5) is 5.82 Å². The summed E-state index contributed by atoms with van der Waals surface area (Å²) in [6.07, 6.45) is 0. The molecule has 78 valence electrons. The first kappa shape index (κ1) is 11.0. The number of hydrogen-bond acceptors (Lipinski definition) is 3. The fraction of sp³-hybridized carbons (Fsp3) is 0.545. The van der Waals surface area contributed by atoms with Gasteiger partial charge in [0.25, 0.3) is 0 Å². The maximum Gasteiger partial charge on any atom is 0.126 e. The van der Waals surface area contributed by atoms with E-state index in [9.17, 15) is 0 Å². The van der Waals surface area contributed by atoms with Crippen LogP contribution in [0.15, 0.2) is 12.1 Å². The molecule has 0 saturated carbocycles. The molecule has 14 heavy (non-hydrogen) atoms. The van der Waals surface area contributed by atoms with Crippen molar-refractivity contribution in [1.82, 2.24) is 4.98 Å². The second-order valence-electron chi connectivity index (χ2n) is 3.93. The Balaban J connectivity index is 2.71. The summed E-state index contributed by atoms with van der Waals surface area (Å²) >= 11 is 0. The van der Waals surface area contributed by atoms with Crippen LogP contribution in [-0.4, -0.2) is 16.6 Å². The third-order valence-corrected chi connectivity index (χ3v) is 1.89. The molecule has 0 spiro atoms. The van der Waals surface area contributed by atoms with Crippen LogP contribution in [0, 0.1) is 12.8 Å². The lowest BCUT2D eigenvalue weighted by molar-refractivity contribution is 0.281. The maximum atomic E-state index is 9.01. The van der Waals surface area contributed by atoms with E-state index in [1.54, 1.807) is 0 Å². The van der Waals surface area contributed by atoms with Crippen molar-refractivity contribution in [3.05, 3.63) is 23.4 Å². The molecule has 0 aliphatic heterocycles. The van der Waals surface area contributed by atoms with Gasteiger partial charge in [0.05, 0.1) is 6.61 Å². The third kappa shape index (κ3) is 3.34. The zero-order valence-electron chi connectivity index (χ0n) is 9.04. The highest BCUT2D eigenvalue weighted by Crippen LogP contribution is 2.10. The van der Waals surface area contributed by atoms with Gasteiger partial charge in [0.15, 0.2) is 0 Å². The Kier molecular flexibility index (Phi) is 3.89. The Bertz CT molecular complexity index is 297. The predicted molar refractivity (Wildman–Crippen MR) is 58.2 cm³/mol. The number of aromatic nitrogens is 1. The lowest BCUT2D eigenvalue weighted by atomic mass is 10.2. The molecule has 2 N–H and O–H groups in total. The van der Waals surface area contributed by atoms with Crippen molar-refractivity contribution in [3.63, 3.8) is 0 Å². The smallest absolute Gasteiger partial charge is 0.126 e. The number of hydrogen-bond donors (Lipinski definition) is 2. The van der Waals surface area contributed by atoms with Crippen LogP contribution >= 0.6 is 0 Å². The van der Waals surface area contributed by atoms with E-state index in [1.165, 1.54) is 0 Å². The average Bonchev–Trinajstić information content (AvgIpc) is 2.14. The van der Waals surface area contributed by atoms with E-state index in [1.807, 2.05) is 19.1 Å². The molecule has 0 unspecified atom stereocenters. The zero-order valence-corrected chi connectivity index (χ0v) is 9.04. The minimum absolute atomic E-state index is 0.0692. The van der Waals surface area contributed by atoms with E-state index in [-0.39, 0.29) is 6.61 Å². The van der Waals surface area contributed by atoms with Crippen LogP contribution in [-0.2, 0) is 6.61 Å². The molecule has 1 aromatic heterocycles. The van der Waals surface area contributed by atoms with Crippen LogP contribution in [0.25, 0.3) is 0 Å². The quantitative estimate of drug-likeness (QED) is 0.770. The summed E-state index contributed by atoms with van der Waals surface area (Å²) in [5.41, 5.74) is 1.84. The number of aryl methyl sites for hydroxylation is 1. The van der Waals surface area contributed by atoms with Gasteiger partial charge in [-0.25, -0.2) is 4.98 Å². The predicted octanol–water partition coefficient (Wildman–Crippen LogP) is 1.95. The molecule has 3 heteroatoms. The number of rotatable bonds is 4. The first-order valence-electron chi connectivity index (χ1n) is 4.94. The van der Waals surface area contributed by atoms with E-state index in [0.717, 1.165) is 23.6 Å². The Morgan fingerprint density at radius 2 is 2.14 bits per heavy atom. The Morgan fingerprint density at radius 1 is 1.43 bits per heavy atom. The minimum atomic E-state index is 0.0692. The van der Waals surface area contributed by atoms with Crippen molar-refractivity contribution in [3.8, 4) is 0 Å². The molecule has 1 heterocycles. The Morgan fingerprint density at radius 3 is 2.71 bits per heavy atom. The van der Waals surface area contributed by atoms with Crippen LogP contribution in [0.1, 0.15) is 25.1 Å². The number of aliphatic hydroxyl groups is 1. The summed E-state index contributed by atoms with van der Waals surface area (Å²) in [4.78, 5) is 4.33. The van der Waals surface area contributed by atoms with Gasteiger partial charge in [-0.3, -0.25) is 0 Å². The van der Waals surface area contributed by atoms with Crippen LogP contribution in [0.5, 0.6) is 0 Å². The van der Waals surface area contributed by atoms with Crippen LogP contribution in [0.2, 0.25) is 0 Å². The largest absolute Gasteiger partial charge is 0.392 e. The van der Waals surface area contributed by atoms with Crippen molar-refractivity contribution >= 4 is 5.82 Å². The average molecular weight is 194 g/mol. The van der Waals surface area contributed by atoms with Gasteiger partial charge in [0, 0.05) is 12.2 Å². The fourth-order valence-electron chi connectivity index (χ4n) is 1.23. The molecular weight excluding hydrogens is 176 g/mol. The number of nitrogens with zero attached hydrogens (tertiary/aromatic N) is 1. The van der Waals surface area contributed by atoms with E-state index < -0.39 is 0 Å². The molecule has 0 saturated heterocycles. The molecule has 0 fully saturated rings. The summed E-state index contributed by atoms with van der Waals surface area (Å²) in [6, 6.07) is 3.77. The highest BCUT2D eigenvalue weighted by atomic mass is 16.3. The molecule has 0 amide bonds. The summed E-state index contributed by atoms with van der Waals surface area (Å²) in [5.74, 6) is 1.44. The molecule has 0 bridgehead atoms. The Labute approximate surface area is 85.2 Å². The monoisotopic (exact) mass is 194 g/mol. The molecule has 1 rings (SSSR count). The lowest BCUT2D eigenvalue weighted by Gasteiger charge is -2.09. The fourth-order valence-corrected chi connectivity index (χ4v) is 1.23. The van der Waals surface area contributed by atoms with Crippen molar-refractivity contribution in [2.75, 3.05) is 11.9 Å². The summed E-state index contributed by atoms with van der Waals surface area (Å²) in [6.45, 7) is 7.20. The van der Waals surface area contributed by atoms with Gasteiger partial charge in [0.1, 0.15) is 5.82 Å². The number of anilines is 1. The first-order valence-corrected chi connectivity index (χ1v) is 4.94. The second kappa shape index (κ2) is 4.96. The van der Waals surface area contributed by atoms with Gasteiger partial charge in [-0.15, -0.1) is 0 Å².